The van der Waals surface area contributed by atoms with Crippen LogP contribution in [0.4, 0.5) is 4.39 Å². The number of aliphatic hydroxyl groups is 1. The average Bonchev–Trinajstić information content (AvgIpc) is 2.77. The van der Waals surface area contributed by atoms with Crippen molar-refractivity contribution in [3.8, 4) is 0 Å². The van der Waals surface area contributed by atoms with E-state index in [2.05, 4.69) is 0 Å². The highest BCUT2D eigenvalue weighted by molar-refractivity contribution is 5.95. The number of hydrogen-bond acceptors (Lipinski definition) is 2. The van der Waals surface area contributed by atoms with Crippen molar-refractivity contribution in [1.29, 1.82) is 0 Å². The summed E-state index contributed by atoms with van der Waals surface area (Å²) in [6.07, 6.45) is 1.60. The summed E-state index contributed by atoms with van der Waals surface area (Å²) in [7, 11) is 0. The molecule has 0 spiro atoms. The highest BCUT2D eigenvalue weighted by atomic mass is 19.1. The van der Waals surface area contributed by atoms with Crippen LogP contribution in [0.5, 0.6) is 0 Å². The minimum absolute atomic E-state index is 0.0775. The highest BCUT2D eigenvalue weighted by Gasteiger charge is 2.39. The summed E-state index contributed by atoms with van der Waals surface area (Å²) in [5.74, 6) is -0.846. The number of amides is 1. The van der Waals surface area contributed by atoms with Crippen LogP contribution >= 0.6 is 0 Å². The Labute approximate surface area is 106 Å². The maximum absolute atomic E-state index is 13.6. The van der Waals surface area contributed by atoms with Crippen LogP contribution in [-0.2, 0) is 0 Å². The minimum Gasteiger partial charge on any atom is -0.388 e. The van der Waals surface area contributed by atoms with Crippen molar-refractivity contribution in [2.45, 2.75) is 38.3 Å². The molecule has 1 aliphatic heterocycles. The highest BCUT2D eigenvalue weighted by Crippen LogP contribution is 2.28. The van der Waals surface area contributed by atoms with Gasteiger partial charge in [0.05, 0.1) is 17.2 Å². The van der Waals surface area contributed by atoms with E-state index in [4.69, 9.17) is 0 Å². The van der Waals surface area contributed by atoms with E-state index in [1.807, 2.05) is 0 Å². The molecule has 1 heterocycles. The first-order valence-electron chi connectivity index (χ1n) is 6.19. The Kier molecular flexibility index (Phi) is 3.39. The van der Waals surface area contributed by atoms with Crippen LogP contribution in [0.3, 0.4) is 0 Å². The second kappa shape index (κ2) is 4.69. The van der Waals surface area contributed by atoms with E-state index in [9.17, 15) is 14.3 Å². The fourth-order valence-electron chi connectivity index (χ4n) is 2.53. The molecule has 98 valence electrons. The first kappa shape index (κ1) is 13.0. The van der Waals surface area contributed by atoms with Gasteiger partial charge in [0.15, 0.2) is 0 Å². The summed E-state index contributed by atoms with van der Waals surface area (Å²) in [5.41, 5.74) is -0.883. The topological polar surface area (TPSA) is 40.5 Å². The first-order chi connectivity index (χ1) is 8.41. The summed E-state index contributed by atoms with van der Waals surface area (Å²) < 4.78 is 13.6. The van der Waals surface area contributed by atoms with Gasteiger partial charge in [0.25, 0.3) is 5.91 Å². The van der Waals surface area contributed by atoms with E-state index in [1.165, 1.54) is 12.1 Å². The van der Waals surface area contributed by atoms with Crippen LogP contribution in [0.1, 0.15) is 37.0 Å². The Morgan fingerprint density at radius 2 is 2.11 bits per heavy atom. The Morgan fingerprint density at radius 1 is 1.44 bits per heavy atom. The number of carbonyl (C=O) groups excluding carboxylic acids is 1. The molecule has 4 heteroatoms. The summed E-state index contributed by atoms with van der Waals surface area (Å²) in [6, 6.07) is 5.72. The molecule has 0 saturated carbocycles. The van der Waals surface area contributed by atoms with Crippen molar-refractivity contribution in [3.63, 3.8) is 0 Å². The molecule has 1 aliphatic rings. The molecular weight excluding hydrogens is 233 g/mol. The molecule has 2 rings (SSSR count). The van der Waals surface area contributed by atoms with Gasteiger partial charge in [-0.05, 0) is 38.8 Å². The molecular formula is C14H18FNO2. The predicted molar refractivity (Wildman–Crippen MR) is 66.8 cm³/mol. The lowest BCUT2D eigenvalue weighted by atomic mass is 9.96. The van der Waals surface area contributed by atoms with Gasteiger partial charge in [-0.2, -0.15) is 0 Å². The molecule has 3 nitrogen and oxygen atoms in total. The average molecular weight is 251 g/mol. The molecule has 1 amide bonds. The summed E-state index contributed by atoms with van der Waals surface area (Å²) in [6.45, 7) is 3.94. The lowest BCUT2D eigenvalue weighted by Gasteiger charge is -2.33. The Bertz CT molecular complexity index is 453. The second-order valence-electron chi connectivity index (χ2n) is 5.29. The number of benzene rings is 1. The van der Waals surface area contributed by atoms with Crippen LogP contribution < -0.4 is 0 Å². The molecule has 1 saturated heterocycles. The van der Waals surface area contributed by atoms with Gasteiger partial charge < -0.3 is 10.0 Å². The zero-order valence-corrected chi connectivity index (χ0v) is 10.7. The first-order valence-corrected chi connectivity index (χ1v) is 6.19. The van der Waals surface area contributed by atoms with Crippen molar-refractivity contribution in [1.82, 2.24) is 4.90 Å². The van der Waals surface area contributed by atoms with Crippen molar-refractivity contribution in [3.05, 3.63) is 35.6 Å². The second-order valence-corrected chi connectivity index (χ2v) is 5.29. The number of likely N-dealkylation sites (tertiary alicyclic amines) is 1. The van der Waals surface area contributed by atoms with Crippen LogP contribution in [0.2, 0.25) is 0 Å². The Balaban J connectivity index is 2.27. The third kappa shape index (κ3) is 2.38. The monoisotopic (exact) mass is 251 g/mol. The normalized spacial score (nSPS) is 20.2. The van der Waals surface area contributed by atoms with Crippen LogP contribution in [0.25, 0.3) is 0 Å². The third-order valence-electron chi connectivity index (χ3n) is 3.43. The van der Waals surface area contributed by atoms with E-state index in [0.717, 1.165) is 12.8 Å². The summed E-state index contributed by atoms with van der Waals surface area (Å²) in [4.78, 5) is 13.9. The van der Waals surface area contributed by atoms with Crippen molar-refractivity contribution >= 4 is 5.91 Å². The number of rotatable bonds is 2. The van der Waals surface area contributed by atoms with E-state index in [1.54, 1.807) is 30.9 Å². The van der Waals surface area contributed by atoms with Crippen LogP contribution in [-0.4, -0.2) is 34.1 Å². The quantitative estimate of drug-likeness (QED) is 0.875. The minimum atomic E-state index is -0.961. The molecule has 0 radical (unpaired) electrons. The predicted octanol–water partition coefficient (Wildman–Crippen LogP) is 2.20. The van der Waals surface area contributed by atoms with E-state index in [-0.39, 0.29) is 17.5 Å². The molecule has 1 aromatic carbocycles. The third-order valence-corrected chi connectivity index (χ3v) is 3.43. The molecule has 0 aliphatic carbocycles. The molecule has 1 fully saturated rings. The molecule has 1 aromatic rings. The van der Waals surface area contributed by atoms with Crippen LogP contribution in [0.15, 0.2) is 24.3 Å². The Hall–Kier alpha value is -1.42. The van der Waals surface area contributed by atoms with Gasteiger partial charge in [-0.25, -0.2) is 4.39 Å². The smallest absolute Gasteiger partial charge is 0.257 e. The lowest BCUT2D eigenvalue weighted by molar-refractivity contribution is 0.000159. The number of carbonyl (C=O) groups is 1. The van der Waals surface area contributed by atoms with Gasteiger partial charge in [-0.1, -0.05) is 12.1 Å². The zero-order valence-electron chi connectivity index (χ0n) is 10.7. The summed E-state index contributed by atoms with van der Waals surface area (Å²) in [5, 5.41) is 10.1. The van der Waals surface area contributed by atoms with E-state index < -0.39 is 11.4 Å². The number of nitrogens with zero attached hydrogens (tertiary/aromatic N) is 1. The molecule has 18 heavy (non-hydrogen) atoms. The molecule has 1 atom stereocenters. The van der Waals surface area contributed by atoms with Gasteiger partial charge in [-0.3, -0.25) is 4.79 Å². The molecule has 1 N–H and O–H groups in total. The van der Waals surface area contributed by atoms with E-state index >= 15 is 0 Å². The fraction of sp³-hybridized carbons (Fsp3) is 0.500. The Morgan fingerprint density at radius 3 is 2.72 bits per heavy atom. The van der Waals surface area contributed by atoms with Gasteiger partial charge in [0.2, 0.25) is 0 Å². The standard InChI is InChI=1S/C14H18FNO2/c1-14(2,18)12-8-5-9-16(12)13(17)10-6-3-4-7-11(10)15/h3-4,6-7,12,18H,5,8-9H2,1-2H3. The van der Waals surface area contributed by atoms with Gasteiger partial charge >= 0.3 is 0 Å². The summed E-state index contributed by atoms with van der Waals surface area (Å²) >= 11 is 0. The lowest BCUT2D eigenvalue weighted by Crippen LogP contribution is -2.48. The largest absolute Gasteiger partial charge is 0.388 e. The van der Waals surface area contributed by atoms with Gasteiger partial charge in [0, 0.05) is 6.54 Å². The van der Waals surface area contributed by atoms with Crippen molar-refractivity contribution in [2.75, 3.05) is 6.54 Å². The van der Waals surface area contributed by atoms with Gasteiger partial charge in [-0.15, -0.1) is 0 Å². The van der Waals surface area contributed by atoms with Crippen molar-refractivity contribution < 1.29 is 14.3 Å². The fourth-order valence-corrected chi connectivity index (χ4v) is 2.53. The maximum atomic E-state index is 13.6. The number of hydrogen-bond donors (Lipinski definition) is 1. The molecule has 0 bridgehead atoms. The van der Waals surface area contributed by atoms with Crippen molar-refractivity contribution in [2.24, 2.45) is 0 Å². The van der Waals surface area contributed by atoms with Gasteiger partial charge in [0.1, 0.15) is 5.82 Å². The SMILES string of the molecule is CC(C)(O)C1CCCN1C(=O)c1ccccc1F. The number of halogens is 1. The molecule has 1 unspecified atom stereocenters. The van der Waals surface area contributed by atoms with E-state index in [0.29, 0.717) is 6.54 Å². The zero-order chi connectivity index (χ0) is 13.3. The molecule has 0 aromatic heterocycles. The maximum Gasteiger partial charge on any atom is 0.257 e. The van der Waals surface area contributed by atoms with Crippen LogP contribution in [0, 0.1) is 5.82 Å².